The third-order valence-corrected chi connectivity index (χ3v) is 6.19. The summed E-state index contributed by atoms with van der Waals surface area (Å²) in [6, 6.07) is 0. The van der Waals surface area contributed by atoms with Gasteiger partial charge in [-0.15, -0.1) is 0 Å². The van der Waals surface area contributed by atoms with E-state index in [1.807, 2.05) is 0 Å². The summed E-state index contributed by atoms with van der Waals surface area (Å²) in [6.45, 7) is 5.85. The Hall–Kier alpha value is -0.600. The molecule has 1 N–H and O–H groups in total. The molecule has 0 bridgehead atoms. The van der Waals surface area contributed by atoms with Gasteiger partial charge in [0.1, 0.15) is 0 Å². The zero-order chi connectivity index (χ0) is 23.4. The zero-order valence-corrected chi connectivity index (χ0v) is 22.0. The quantitative estimate of drug-likeness (QED) is 0.105. The van der Waals surface area contributed by atoms with Crippen molar-refractivity contribution in [2.75, 3.05) is 13.2 Å². The van der Waals surface area contributed by atoms with E-state index >= 15 is 0 Å². The molecule has 32 heavy (non-hydrogen) atoms. The highest BCUT2D eigenvalue weighted by atomic mass is 16.5. The zero-order valence-electron chi connectivity index (χ0n) is 22.0. The molecule has 2 heteroatoms. The summed E-state index contributed by atoms with van der Waals surface area (Å²) >= 11 is 0. The van der Waals surface area contributed by atoms with Crippen LogP contribution in [0.15, 0.2) is 24.3 Å². The van der Waals surface area contributed by atoms with Crippen molar-refractivity contribution in [1.82, 2.24) is 0 Å². The second-order valence-corrected chi connectivity index (χ2v) is 9.58. The maximum absolute atomic E-state index is 10.0. The van der Waals surface area contributed by atoms with Gasteiger partial charge in [0.15, 0.2) is 0 Å². The molecule has 0 aromatic rings. The standard InChI is InChI=1S/C30H58O2/c1-3-5-7-9-11-12-13-14-15-16-17-18-19-20-21-22-23-25-27-30(31)29-32-28-26-24-10-8-6-4-2/h11-12,14-15,30-31H,3-10,13,16-29H2,1-2H3/b12-11-,15-14-/t30-/m1/s1. The van der Waals surface area contributed by atoms with E-state index in [4.69, 9.17) is 4.74 Å². The van der Waals surface area contributed by atoms with Crippen LogP contribution in [-0.4, -0.2) is 24.4 Å². The molecular weight excluding hydrogens is 392 g/mol. The van der Waals surface area contributed by atoms with Crippen molar-refractivity contribution in [2.24, 2.45) is 0 Å². The van der Waals surface area contributed by atoms with Gasteiger partial charge in [-0.2, -0.15) is 0 Å². The average Bonchev–Trinajstić information content (AvgIpc) is 2.80. The second-order valence-electron chi connectivity index (χ2n) is 9.58. The first-order valence-corrected chi connectivity index (χ1v) is 14.4. The van der Waals surface area contributed by atoms with Gasteiger partial charge in [-0.3, -0.25) is 0 Å². The Morgan fingerprint density at radius 2 is 1.03 bits per heavy atom. The third kappa shape index (κ3) is 27.4. The number of hydrogen-bond acceptors (Lipinski definition) is 2. The van der Waals surface area contributed by atoms with Crippen molar-refractivity contribution < 1.29 is 9.84 Å². The van der Waals surface area contributed by atoms with E-state index in [1.165, 1.54) is 109 Å². The molecule has 0 aliphatic heterocycles. The van der Waals surface area contributed by atoms with Crippen molar-refractivity contribution in [1.29, 1.82) is 0 Å². The summed E-state index contributed by atoms with van der Waals surface area (Å²) in [5, 5.41) is 10.0. The fourth-order valence-electron chi connectivity index (χ4n) is 4.01. The molecule has 0 saturated heterocycles. The number of ether oxygens (including phenoxy) is 1. The van der Waals surface area contributed by atoms with Crippen LogP contribution in [0, 0.1) is 0 Å². The minimum atomic E-state index is -0.264. The molecule has 0 unspecified atom stereocenters. The highest BCUT2D eigenvalue weighted by Gasteiger charge is 2.04. The molecule has 190 valence electrons. The Balaban J connectivity index is 3.21. The summed E-state index contributed by atoms with van der Waals surface area (Å²) in [5.41, 5.74) is 0. The first-order valence-electron chi connectivity index (χ1n) is 14.4. The molecule has 0 heterocycles. The maximum Gasteiger partial charge on any atom is 0.0773 e. The molecule has 0 aromatic carbocycles. The summed E-state index contributed by atoms with van der Waals surface area (Å²) in [4.78, 5) is 0. The Morgan fingerprint density at radius 1 is 0.562 bits per heavy atom. The summed E-state index contributed by atoms with van der Waals surface area (Å²) < 4.78 is 5.63. The number of aliphatic hydroxyl groups is 1. The predicted octanol–water partition coefficient (Wildman–Crippen LogP) is 9.71. The smallest absolute Gasteiger partial charge is 0.0773 e. The molecule has 0 aliphatic rings. The third-order valence-electron chi connectivity index (χ3n) is 6.19. The average molecular weight is 451 g/mol. The van der Waals surface area contributed by atoms with E-state index in [0.29, 0.717) is 6.61 Å². The van der Waals surface area contributed by atoms with E-state index in [1.54, 1.807) is 0 Å². The number of hydrogen-bond donors (Lipinski definition) is 1. The fraction of sp³-hybridized carbons (Fsp3) is 0.867. The van der Waals surface area contributed by atoms with Gasteiger partial charge in [-0.1, -0.05) is 128 Å². The van der Waals surface area contributed by atoms with Crippen LogP contribution in [0.25, 0.3) is 0 Å². The predicted molar refractivity (Wildman–Crippen MR) is 143 cm³/mol. The van der Waals surface area contributed by atoms with Crippen LogP contribution in [-0.2, 0) is 4.74 Å². The van der Waals surface area contributed by atoms with Crippen molar-refractivity contribution in [3.8, 4) is 0 Å². The van der Waals surface area contributed by atoms with Crippen LogP contribution in [0.4, 0.5) is 0 Å². The lowest BCUT2D eigenvalue weighted by molar-refractivity contribution is 0.0297. The van der Waals surface area contributed by atoms with E-state index < -0.39 is 0 Å². The van der Waals surface area contributed by atoms with Crippen molar-refractivity contribution in [3.05, 3.63) is 24.3 Å². The monoisotopic (exact) mass is 450 g/mol. The first-order chi connectivity index (χ1) is 15.8. The normalized spacial score (nSPS) is 13.0. The van der Waals surface area contributed by atoms with E-state index in [2.05, 4.69) is 38.2 Å². The van der Waals surface area contributed by atoms with Gasteiger partial charge in [0.25, 0.3) is 0 Å². The molecule has 0 aromatic heterocycles. The molecule has 0 saturated carbocycles. The van der Waals surface area contributed by atoms with Crippen molar-refractivity contribution in [2.45, 2.75) is 155 Å². The Labute approximate surface area is 202 Å². The van der Waals surface area contributed by atoms with Crippen LogP contribution < -0.4 is 0 Å². The van der Waals surface area contributed by atoms with Crippen LogP contribution in [0.2, 0.25) is 0 Å². The summed E-state index contributed by atoms with van der Waals surface area (Å²) in [7, 11) is 0. The molecule has 0 fully saturated rings. The lowest BCUT2D eigenvalue weighted by Crippen LogP contribution is -2.15. The highest BCUT2D eigenvalue weighted by Crippen LogP contribution is 2.12. The maximum atomic E-state index is 10.0. The first kappa shape index (κ1) is 31.4. The molecule has 1 atom stereocenters. The lowest BCUT2D eigenvalue weighted by atomic mass is 10.0. The molecule has 2 nitrogen and oxygen atoms in total. The summed E-state index contributed by atoms with van der Waals surface area (Å²) in [5.74, 6) is 0. The SMILES string of the molecule is CCCCC/C=C\C/C=C\CCCCCCCCCC[C@@H](O)COCCCCCCCC. The number of allylic oxidation sites excluding steroid dienone is 4. The van der Waals surface area contributed by atoms with Gasteiger partial charge < -0.3 is 9.84 Å². The molecule has 0 amide bonds. The van der Waals surface area contributed by atoms with Crippen LogP contribution in [0.3, 0.4) is 0 Å². The fourth-order valence-corrected chi connectivity index (χ4v) is 4.01. The van der Waals surface area contributed by atoms with Crippen LogP contribution >= 0.6 is 0 Å². The van der Waals surface area contributed by atoms with Gasteiger partial charge in [-0.05, 0) is 44.9 Å². The highest BCUT2D eigenvalue weighted by molar-refractivity contribution is 4.92. The van der Waals surface area contributed by atoms with Gasteiger partial charge in [0.2, 0.25) is 0 Å². The lowest BCUT2D eigenvalue weighted by Gasteiger charge is -2.11. The number of aliphatic hydroxyl groups excluding tert-OH is 1. The molecule has 0 rings (SSSR count). The minimum absolute atomic E-state index is 0.264. The van der Waals surface area contributed by atoms with Crippen molar-refractivity contribution in [3.63, 3.8) is 0 Å². The molecule has 0 spiro atoms. The van der Waals surface area contributed by atoms with Gasteiger partial charge >= 0.3 is 0 Å². The summed E-state index contributed by atoms with van der Waals surface area (Å²) in [6.07, 6.45) is 35.8. The van der Waals surface area contributed by atoms with Gasteiger partial charge in [0, 0.05) is 6.61 Å². The molecular formula is C30H58O2. The van der Waals surface area contributed by atoms with Crippen LogP contribution in [0.1, 0.15) is 149 Å². The minimum Gasteiger partial charge on any atom is -0.391 e. The van der Waals surface area contributed by atoms with Gasteiger partial charge in [-0.25, -0.2) is 0 Å². The topological polar surface area (TPSA) is 29.5 Å². The van der Waals surface area contributed by atoms with Crippen molar-refractivity contribution >= 4 is 0 Å². The second kappa shape index (κ2) is 28.4. The Morgan fingerprint density at radius 3 is 1.66 bits per heavy atom. The van der Waals surface area contributed by atoms with Gasteiger partial charge in [0.05, 0.1) is 12.7 Å². The number of rotatable bonds is 26. The number of unbranched alkanes of at least 4 members (excludes halogenated alkanes) is 16. The van der Waals surface area contributed by atoms with E-state index in [9.17, 15) is 5.11 Å². The van der Waals surface area contributed by atoms with Crippen LogP contribution in [0.5, 0.6) is 0 Å². The molecule has 0 radical (unpaired) electrons. The Bertz CT molecular complexity index is 388. The van der Waals surface area contributed by atoms with E-state index in [-0.39, 0.29) is 6.10 Å². The Kier molecular flexibility index (Phi) is 27.9. The molecule has 0 aliphatic carbocycles. The largest absolute Gasteiger partial charge is 0.391 e. The van der Waals surface area contributed by atoms with E-state index in [0.717, 1.165) is 32.3 Å².